The van der Waals surface area contributed by atoms with Gasteiger partial charge in [-0.2, -0.15) is 4.98 Å². The Morgan fingerprint density at radius 3 is 2.29 bits per heavy atom. The summed E-state index contributed by atoms with van der Waals surface area (Å²) in [7, 11) is 0. The molecule has 21 heavy (non-hydrogen) atoms. The summed E-state index contributed by atoms with van der Waals surface area (Å²) in [6.07, 6.45) is 7.60. The first kappa shape index (κ1) is 13.0. The van der Waals surface area contributed by atoms with E-state index >= 15 is 0 Å². The molecule has 2 aliphatic carbocycles. The Morgan fingerprint density at radius 1 is 0.952 bits per heavy atom. The quantitative estimate of drug-likeness (QED) is 0.939. The van der Waals surface area contributed by atoms with Crippen molar-refractivity contribution in [2.45, 2.75) is 55.9 Å². The van der Waals surface area contributed by atoms with Crippen LogP contribution in [0, 0.1) is 0 Å². The minimum absolute atomic E-state index is 0.0576. The highest BCUT2D eigenvalue weighted by molar-refractivity contribution is 5.35. The fourth-order valence-electron chi connectivity index (χ4n) is 3.77. The third-order valence-electron chi connectivity index (χ3n) is 5.31. The minimum atomic E-state index is -0.396. The molecule has 2 aromatic rings. The number of nitrogens with two attached hydrogens (primary N) is 1. The van der Waals surface area contributed by atoms with Crippen molar-refractivity contribution >= 4 is 0 Å². The number of rotatable bonds is 3. The molecule has 0 amide bonds. The molecule has 1 heterocycles. The Labute approximate surface area is 124 Å². The van der Waals surface area contributed by atoms with Gasteiger partial charge in [-0.05, 0) is 31.2 Å². The first-order chi connectivity index (χ1) is 10.2. The van der Waals surface area contributed by atoms with E-state index in [0.717, 1.165) is 44.3 Å². The molecule has 2 fully saturated rings. The van der Waals surface area contributed by atoms with Gasteiger partial charge in [0.15, 0.2) is 5.82 Å². The van der Waals surface area contributed by atoms with Crippen LogP contribution in [0.4, 0.5) is 0 Å². The molecule has 4 nitrogen and oxygen atoms in total. The van der Waals surface area contributed by atoms with Crippen LogP contribution in [0.1, 0.15) is 62.2 Å². The number of hydrogen-bond acceptors (Lipinski definition) is 4. The van der Waals surface area contributed by atoms with Gasteiger partial charge in [0.05, 0.1) is 11.0 Å². The first-order valence-electron chi connectivity index (χ1n) is 7.92. The maximum atomic E-state index is 6.44. The maximum Gasteiger partial charge on any atom is 0.246 e. The molecule has 0 spiro atoms. The number of hydrogen-bond donors (Lipinski definition) is 1. The predicted molar refractivity (Wildman–Crippen MR) is 79.7 cm³/mol. The second-order valence-corrected chi connectivity index (χ2v) is 6.59. The summed E-state index contributed by atoms with van der Waals surface area (Å²) in [4.78, 5) is 4.73. The van der Waals surface area contributed by atoms with Gasteiger partial charge in [-0.15, -0.1) is 0 Å². The lowest BCUT2D eigenvalue weighted by Gasteiger charge is -2.39. The summed E-state index contributed by atoms with van der Waals surface area (Å²) in [5.41, 5.74) is 7.28. The Kier molecular flexibility index (Phi) is 2.89. The van der Waals surface area contributed by atoms with Crippen molar-refractivity contribution in [1.29, 1.82) is 0 Å². The molecular weight excluding hydrogens is 262 g/mol. The molecule has 2 N–H and O–H groups in total. The van der Waals surface area contributed by atoms with Gasteiger partial charge in [-0.25, -0.2) is 0 Å². The highest BCUT2D eigenvalue weighted by Crippen LogP contribution is 2.48. The van der Waals surface area contributed by atoms with Gasteiger partial charge in [0.2, 0.25) is 5.89 Å². The van der Waals surface area contributed by atoms with Gasteiger partial charge in [-0.1, -0.05) is 54.8 Å². The molecule has 4 rings (SSSR count). The smallest absolute Gasteiger partial charge is 0.246 e. The van der Waals surface area contributed by atoms with E-state index < -0.39 is 5.54 Å². The van der Waals surface area contributed by atoms with Crippen LogP contribution in [0.5, 0.6) is 0 Å². The molecule has 2 saturated carbocycles. The first-order valence-corrected chi connectivity index (χ1v) is 7.92. The van der Waals surface area contributed by atoms with Crippen molar-refractivity contribution < 1.29 is 4.52 Å². The predicted octanol–water partition coefficient (Wildman–Crippen LogP) is 3.27. The molecule has 0 aliphatic heterocycles. The third kappa shape index (κ3) is 1.93. The fourth-order valence-corrected chi connectivity index (χ4v) is 3.77. The largest absolute Gasteiger partial charge is 0.337 e. The average molecular weight is 283 g/mol. The normalized spacial score (nSPS) is 22.9. The van der Waals surface area contributed by atoms with E-state index in [-0.39, 0.29) is 5.41 Å². The summed E-state index contributed by atoms with van der Waals surface area (Å²) in [6, 6.07) is 10.5. The van der Waals surface area contributed by atoms with Crippen LogP contribution in [-0.2, 0) is 11.0 Å². The molecule has 4 heteroatoms. The Bertz CT molecular complexity index is 624. The lowest BCUT2D eigenvalue weighted by Crippen LogP contribution is -2.37. The van der Waals surface area contributed by atoms with Gasteiger partial charge in [0, 0.05) is 0 Å². The zero-order chi connectivity index (χ0) is 14.3. The molecule has 0 unspecified atom stereocenters. The van der Waals surface area contributed by atoms with Crippen molar-refractivity contribution in [2.75, 3.05) is 0 Å². The van der Waals surface area contributed by atoms with Gasteiger partial charge in [0.25, 0.3) is 0 Å². The van der Waals surface area contributed by atoms with Crippen molar-refractivity contribution in [3.05, 3.63) is 47.6 Å². The number of nitrogens with zero attached hydrogens (tertiary/aromatic N) is 2. The van der Waals surface area contributed by atoms with Crippen LogP contribution in [-0.4, -0.2) is 10.1 Å². The zero-order valence-electron chi connectivity index (χ0n) is 12.2. The third-order valence-corrected chi connectivity index (χ3v) is 5.31. The minimum Gasteiger partial charge on any atom is -0.337 e. The van der Waals surface area contributed by atoms with Crippen molar-refractivity contribution in [3.63, 3.8) is 0 Å². The Balaban J connectivity index is 1.71. The van der Waals surface area contributed by atoms with Crippen LogP contribution >= 0.6 is 0 Å². The second kappa shape index (κ2) is 4.67. The highest BCUT2D eigenvalue weighted by atomic mass is 16.5. The van der Waals surface area contributed by atoms with E-state index in [2.05, 4.69) is 29.4 Å². The van der Waals surface area contributed by atoms with Gasteiger partial charge in [-0.3, -0.25) is 0 Å². The van der Waals surface area contributed by atoms with Crippen molar-refractivity contribution in [2.24, 2.45) is 5.73 Å². The molecule has 0 radical (unpaired) electrons. The Morgan fingerprint density at radius 2 is 1.67 bits per heavy atom. The fraction of sp³-hybridized carbons (Fsp3) is 0.529. The summed E-state index contributed by atoms with van der Waals surface area (Å²) >= 11 is 0. The van der Waals surface area contributed by atoms with Crippen molar-refractivity contribution in [1.82, 2.24) is 10.1 Å². The second-order valence-electron chi connectivity index (χ2n) is 6.59. The monoisotopic (exact) mass is 283 g/mol. The molecule has 1 aromatic carbocycles. The van der Waals surface area contributed by atoms with E-state index in [1.165, 1.54) is 12.0 Å². The van der Waals surface area contributed by atoms with E-state index in [9.17, 15) is 0 Å². The molecule has 0 bridgehead atoms. The standard InChI is InChI=1S/C17H21N3O/c18-17(11-4-5-12-17)15-19-14(20-21-15)16(9-6-10-16)13-7-2-1-3-8-13/h1-3,7-8H,4-6,9-12,18H2. The van der Waals surface area contributed by atoms with Gasteiger partial charge < -0.3 is 10.3 Å². The van der Waals surface area contributed by atoms with Crippen LogP contribution < -0.4 is 5.73 Å². The van der Waals surface area contributed by atoms with Gasteiger partial charge >= 0.3 is 0 Å². The summed E-state index contributed by atoms with van der Waals surface area (Å²) in [5, 5.41) is 4.31. The van der Waals surface area contributed by atoms with Crippen LogP contribution in [0.25, 0.3) is 0 Å². The van der Waals surface area contributed by atoms with E-state index in [1.807, 2.05) is 6.07 Å². The topological polar surface area (TPSA) is 64.9 Å². The molecule has 0 saturated heterocycles. The van der Waals surface area contributed by atoms with E-state index in [4.69, 9.17) is 15.2 Å². The molecule has 2 aliphatic rings. The molecule has 1 aromatic heterocycles. The van der Waals surface area contributed by atoms with Gasteiger partial charge in [0.1, 0.15) is 0 Å². The SMILES string of the molecule is NC1(c2nc(C3(c4ccccc4)CCC3)no2)CCCC1. The number of benzene rings is 1. The molecular formula is C17H21N3O. The lowest BCUT2D eigenvalue weighted by molar-refractivity contribution is 0.259. The van der Waals surface area contributed by atoms with Crippen LogP contribution in [0.2, 0.25) is 0 Å². The lowest BCUT2D eigenvalue weighted by atomic mass is 9.64. The summed E-state index contributed by atoms with van der Waals surface area (Å²) < 4.78 is 5.57. The average Bonchev–Trinajstić information content (AvgIpc) is 3.09. The summed E-state index contributed by atoms with van der Waals surface area (Å²) in [6.45, 7) is 0. The Hall–Kier alpha value is -1.68. The molecule has 0 atom stereocenters. The van der Waals surface area contributed by atoms with Crippen LogP contribution in [0.3, 0.4) is 0 Å². The maximum absolute atomic E-state index is 6.44. The number of aromatic nitrogens is 2. The van der Waals surface area contributed by atoms with E-state index in [0.29, 0.717) is 5.89 Å². The van der Waals surface area contributed by atoms with Crippen LogP contribution in [0.15, 0.2) is 34.9 Å². The molecule has 110 valence electrons. The van der Waals surface area contributed by atoms with E-state index in [1.54, 1.807) is 0 Å². The zero-order valence-corrected chi connectivity index (χ0v) is 12.2. The highest BCUT2D eigenvalue weighted by Gasteiger charge is 2.46. The summed E-state index contributed by atoms with van der Waals surface area (Å²) in [5.74, 6) is 1.46. The van der Waals surface area contributed by atoms with Crippen molar-refractivity contribution in [3.8, 4) is 0 Å².